The predicted octanol–water partition coefficient (Wildman–Crippen LogP) is 3.23. The SMILES string of the molecule is CCOc1ccc(C(O)C(Cl)Cl)c(C)c1. The molecular formula is C11H14Cl2O2. The molecule has 0 radical (unpaired) electrons. The van der Waals surface area contributed by atoms with Crippen LogP contribution in [0.15, 0.2) is 18.2 Å². The molecule has 84 valence electrons. The number of alkyl halides is 2. The molecule has 1 atom stereocenters. The Labute approximate surface area is 99.8 Å². The first-order valence-corrected chi connectivity index (χ1v) is 5.63. The van der Waals surface area contributed by atoms with Gasteiger partial charge in [0, 0.05) is 0 Å². The van der Waals surface area contributed by atoms with Crippen LogP contribution in [0.4, 0.5) is 0 Å². The number of aliphatic hydroxyl groups excluding tert-OH is 1. The van der Waals surface area contributed by atoms with E-state index in [4.69, 9.17) is 27.9 Å². The van der Waals surface area contributed by atoms with Gasteiger partial charge in [-0.3, -0.25) is 0 Å². The van der Waals surface area contributed by atoms with E-state index in [1.807, 2.05) is 19.9 Å². The van der Waals surface area contributed by atoms with Crippen molar-refractivity contribution in [2.75, 3.05) is 6.61 Å². The van der Waals surface area contributed by atoms with Gasteiger partial charge in [0.05, 0.1) is 6.61 Å². The summed E-state index contributed by atoms with van der Waals surface area (Å²) in [5.41, 5.74) is 1.65. The first-order valence-electron chi connectivity index (χ1n) is 4.75. The third kappa shape index (κ3) is 3.26. The van der Waals surface area contributed by atoms with Gasteiger partial charge < -0.3 is 9.84 Å². The summed E-state index contributed by atoms with van der Waals surface area (Å²) in [4.78, 5) is -0.818. The van der Waals surface area contributed by atoms with Gasteiger partial charge in [-0.2, -0.15) is 0 Å². The van der Waals surface area contributed by atoms with Crippen molar-refractivity contribution in [2.45, 2.75) is 24.8 Å². The van der Waals surface area contributed by atoms with E-state index in [9.17, 15) is 5.11 Å². The van der Waals surface area contributed by atoms with Crippen LogP contribution in [0.3, 0.4) is 0 Å². The van der Waals surface area contributed by atoms with Gasteiger partial charge >= 0.3 is 0 Å². The number of ether oxygens (including phenoxy) is 1. The lowest BCUT2D eigenvalue weighted by atomic mass is 10.0. The van der Waals surface area contributed by atoms with Crippen LogP contribution in [0.1, 0.15) is 24.2 Å². The highest BCUT2D eigenvalue weighted by molar-refractivity contribution is 6.44. The van der Waals surface area contributed by atoms with Gasteiger partial charge in [-0.1, -0.05) is 6.07 Å². The van der Waals surface area contributed by atoms with E-state index in [0.717, 1.165) is 16.9 Å². The zero-order valence-corrected chi connectivity index (χ0v) is 10.2. The van der Waals surface area contributed by atoms with Crippen molar-refractivity contribution in [3.63, 3.8) is 0 Å². The van der Waals surface area contributed by atoms with Crippen LogP contribution in [0.2, 0.25) is 0 Å². The van der Waals surface area contributed by atoms with Crippen LogP contribution in [-0.4, -0.2) is 16.5 Å². The van der Waals surface area contributed by atoms with E-state index >= 15 is 0 Å². The van der Waals surface area contributed by atoms with Crippen LogP contribution in [0, 0.1) is 6.92 Å². The number of aryl methyl sites for hydroxylation is 1. The number of halogens is 2. The molecule has 0 bridgehead atoms. The first-order chi connectivity index (χ1) is 7.06. The summed E-state index contributed by atoms with van der Waals surface area (Å²) in [6.07, 6.45) is -0.857. The third-order valence-electron chi connectivity index (χ3n) is 2.11. The van der Waals surface area contributed by atoms with E-state index in [1.54, 1.807) is 12.1 Å². The summed E-state index contributed by atoms with van der Waals surface area (Å²) in [5.74, 6) is 0.784. The first kappa shape index (κ1) is 12.6. The summed E-state index contributed by atoms with van der Waals surface area (Å²) < 4.78 is 5.33. The Morgan fingerprint density at radius 2 is 2.07 bits per heavy atom. The summed E-state index contributed by atoms with van der Waals surface area (Å²) >= 11 is 11.2. The second-order valence-electron chi connectivity index (χ2n) is 3.23. The molecule has 0 aliphatic carbocycles. The fraction of sp³-hybridized carbons (Fsp3) is 0.455. The molecule has 1 unspecified atom stereocenters. The van der Waals surface area contributed by atoms with E-state index in [0.29, 0.717) is 6.61 Å². The molecule has 0 fully saturated rings. The number of aliphatic hydroxyl groups is 1. The maximum absolute atomic E-state index is 9.69. The van der Waals surface area contributed by atoms with Crippen LogP contribution >= 0.6 is 23.2 Å². The normalized spacial score (nSPS) is 12.9. The smallest absolute Gasteiger partial charge is 0.137 e. The molecule has 0 aromatic heterocycles. The Kier molecular flexibility index (Phi) is 4.71. The van der Waals surface area contributed by atoms with Gasteiger partial charge in [0.25, 0.3) is 0 Å². The standard InChI is InChI=1S/C11H14Cl2O2/c1-3-15-8-4-5-9(7(2)6-8)10(14)11(12)13/h4-6,10-11,14H,3H2,1-2H3. The molecule has 0 saturated heterocycles. The van der Waals surface area contributed by atoms with Crippen LogP contribution in [0.25, 0.3) is 0 Å². The van der Waals surface area contributed by atoms with Crippen molar-refractivity contribution in [2.24, 2.45) is 0 Å². The van der Waals surface area contributed by atoms with Crippen molar-refractivity contribution in [3.05, 3.63) is 29.3 Å². The molecule has 1 N–H and O–H groups in total. The summed E-state index contributed by atoms with van der Waals surface area (Å²) in [5, 5.41) is 9.69. The largest absolute Gasteiger partial charge is 0.494 e. The summed E-state index contributed by atoms with van der Waals surface area (Å²) in [7, 11) is 0. The Bertz CT molecular complexity index is 326. The molecule has 0 aliphatic rings. The molecule has 0 heterocycles. The number of rotatable bonds is 4. The quantitative estimate of drug-likeness (QED) is 0.830. The molecule has 15 heavy (non-hydrogen) atoms. The monoisotopic (exact) mass is 248 g/mol. The minimum atomic E-state index is -0.857. The minimum Gasteiger partial charge on any atom is -0.494 e. The number of hydrogen-bond acceptors (Lipinski definition) is 2. The Morgan fingerprint density at radius 3 is 2.53 bits per heavy atom. The van der Waals surface area contributed by atoms with Crippen molar-refractivity contribution in [1.82, 2.24) is 0 Å². The minimum absolute atomic E-state index is 0.620. The highest BCUT2D eigenvalue weighted by Gasteiger charge is 2.17. The maximum Gasteiger partial charge on any atom is 0.137 e. The predicted molar refractivity (Wildman–Crippen MR) is 62.8 cm³/mol. The average molecular weight is 249 g/mol. The third-order valence-corrected chi connectivity index (χ3v) is 2.59. The molecule has 1 rings (SSSR count). The number of benzene rings is 1. The molecule has 0 amide bonds. The molecular weight excluding hydrogens is 235 g/mol. The lowest BCUT2D eigenvalue weighted by molar-refractivity contribution is 0.192. The molecule has 2 nitrogen and oxygen atoms in total. The zero-order chi connectivity index (χ0) is 11.4. The Morgan fingerprint density at radius 1 is 1.40 bits per heavy atom. The van der Waals surface area contributed by atoms with E-state index < -0.39 is 10.9 Å². The van der Waals surface area contributed by atoms with Crippen molar-refractivity contribution < 1.29 is 9.84 Å². The summed E-state index contributed by atoms with van der Waals surface area (Å²) in [6, 6.07) is 5.44. The second-order valence-corrected chi connectivity index (χ2v) is 4.39. The lowest BCUT2D eigenvalue weighted by Gasteiger charge is -2.15. The molecule has 0 aliphatic heterocycles. The molecule has 0 saturated carbocycles. The Hall–Kier alpha value is -0.440. The van der Waals surface area contributed by atoms with Crippen LogP contribution < -0.4 is 4.74 Å². The van der Waals surface area contributed by atoms with Gasteiger partial charge in [-0.25, -0.2) is 0 Å². The van der Waals surface area contributed by atoms with E-state index in [-0.39, 0.29) is 0 Å². The van der Waals surface area contributed by atoms with Gasteiger partial charge in [0.2, 0.25) is 0 Å². The Balaban J connectivity index is 2.92. The van der Waals surface area contributed by atoms with Crippen molar-refractivity contribution in [3.8, 4) is 5.75 Å². The summed E-state index contributed by atoms with van der Waals surface area (Å²) in [6.45, 7) is 4.43. The fourth-order valence-electron chi connectivity index (χ4n) is 1.37. The fourth-order valence-corrected chi connectivity index (χ4v) is 1.64. The zero-order valence-electron chi connectivity index (χ0n) is 8.71. The molecule has 0 spiro atoms. The lowest BCUT2D eigenvalue weighted by Crippen LogP contribution is -2.07. The molecule has 1 aromatic rings. The number of hydrogen-bond donors (Lipinski definition) is 1. The van der Waals surface area contributed by atoms with Crippen LogP contribution in [-0.2, 0) is 0 Å². The van der Waals surface area contributed by atoms with Gasteiger partial charge in [-0.05, 0) is 37.1 Å². The van der Waals surface area contributed by atoms with E-state index in [2.05, 4.69) is 0 Å². The molecule has 4 heteroatoms. The highest BCUT2D eigenvalue weighted by Crippen LogP contribution is 2.28. The second kappa shape index (κ2) is 5.59. The van der Waals surface area contributed by atoms with Gasteiger partial charge in [0.15, 0.2) is 0 Å². The average Bonchev–Trinajstić information content (AvgIpc) is 2.17. The molecule has 1 aromatic carbocycles. The van der Waals surface area contributed by atoms with Crippen molar-refractivity contribution >= 4 is 23.2 Å². The van der Waals surface area contributed by atoms with Crippen LogP contribution in [0.5, 0.6) is 5.75 Å². The highest BCUT2D eigenvalue weighted by atomic mass is 35.5. The topological polar surface area (TPSA) is 29.5 Å². The van der Waals surface area contributed by atoms with E-state index in [1.165, 1.54) is 0 Å². The van der Waals surface area contributed by atoms with Crippen molar-refractivity contribution in [1.29, 1.82) is 0 Å². The maximum atomic E-state index is 9.69. The van der Waals surface area contributed by atoms with Gasteiger partial charge in [-0.15, -0.1) is 23.2 Å². The van der Waals surface area contributed by atoms with Gasteiger partial charge in [0.1, 0.15) is 16.7 Å².